The first-order chi connectivity index (χ1) is 9.46. The smallest absolute Gasteiger partial charge is 0.373 e. The molecule has 1 fully saturated rings. The van der Waals surface area contributed by atoms with Crippen molar-refractivity contribution in [2.45, 2.75) is 24.7 Å². The molecule has 0 radical (unpaired) electrons. The van der Waals surface area contributed by atoms with E-state index < -0.39 is 63.7 Å². The largest absolute Gasteiger partial charge is 0.397 e. The highest BCUT2D eigenvalue weighted by molar-refractivity contribution is 7.81. The molecule has 3 N–H and O–H groups in total. The lowest BCUT2D eigenvalue weighted by atomic mass is 10.0. The highest BCUT2D eigenvalue weighted by Crippen LogP contribution is 2.22. The third-order valence-corrected chi connectivity index (χ3v) is 3.60. The topological polar surface area (TPSA) is 183 Å². The Bertz CT molecular complexity index is 566. The van der Waals surface area contributed by atoms with Gasteiger partial charge in [0.05, 0.1) is 19.3 Å². The second-order valence-corrected chi connectivity index (χ2v) is 6.58. The van der Waals surface area contributed by atoms with Gasteiger partial charge >= 0.3 is 32.2 Å². The molecule has 1 aliphatic rings. The normalized spacial score (nSPS) is 29.2. The molecule has 4 unspecified atom stereocenters. The number of rotatable bonds is 7. The number of hydrogen-bond acceptors (Lipinski definition) is 9. The molecular formula is C6H12O12S3. The summed E-state index contributed by atoms with van der Waals surface area (Å²) in [5.74, 6) is 0. The van der Waals surface area contributed by atoms with Gasteiger partial charge in [-0.25, -0.2) is 8.37 Å². The van der Waals surface area contributed by atoms with Gasteiger partial charge in [0.2, 0.25) is 0 Å². The lowest BCUT2D eigenvalue weighted by Gasteiger charge is -2.33. The predicted octanol–water partition coefficient (Wildman–Crippen LogP) is -1.70. The highest BCUT2D eigenvalue weighted by Gasteiger charge is 2.37. The van der Waals surface area contributed by atoms with Gasteiger partial charge in [0, 0.05) is 6.42 Å². The van der Waals surface area contributed by atoms with Crippen molar-refractivity contribution in [1.29, 1.82) is 0 Å². The highest BCUT2D eigenvalue weighted by atomic mass is 32.3. The molecule has 4 atom stereocenters. The van der Waals surface area contributed by atoms with Gasteiger partial charge in [0.1, 0.15) is 12.2 Å². The monoisotopic (exact) mass is 372 g/mol. The summed E-state index contributed by atoms with van der Waals surface area (Å²) in [4.78, 5) is 0. The molecule has 0 spiro atoms. The average molecular weight is 372 g/mol. The van der Waals surface area contributed by atoms with E-state index >= 15 is 0 Å². The third kappa shape index (κ3) is 8.10. The van der Waals surface area contributed by atoms with E-state index in [-0.39, 0.29) is 6.42 Å². The summed E-state index contributed by atoms with van der Waals surface area (Å²) in [6, 6.07) is 0. The van der Waals surface area contributed by atoms with Crippen molar-refractivity contribution < 1.29 is 52.0 Å². The molecule has 1 saturated heterocycles. The van der Waals surface area contributed by atoms with Gasteiger partial charge in [-0.1, -0.05) is 0 Å². The number of hydrogen-bond donors (Lipinski definition) is 3. The van der Waals surface area contributed by atoms with Crippen LogP contribution in [0.2, 0.25) is 0 Å². The molecule has 1 rings (SSSR count). The lowest BCUT2D eigenvalue weighted by Crippen LogP contribution is -2.46. The van der Waals surface area contributed by atoms with Crippen molar-refractivity contribution >= 4 is 32.2 Å². The van der Waals surface area contributed by atoms with Gasteiger partial charge in [-0.2, -0.15) is 21.0 Å². The van der Waals surface area contributed by atoms with Crippen LogP contribution >= 0.6 is 0 Å². The summed E-state index contributed by atoms with van der Waals surface area (Å²) in [6.07, 6.45) is -4.00. The van der Waals surface area contributed by atoms with Gasteiger partial charge in [-0.3, -0.25) is 17.8 Å². The first kappa shape index (κ1) is 18.8. The molecule has 126 valence electrons. The van der Waals surface area contributed by atoms with E-state index in [4.69, 9.17) is 18.4 Å². The molecule has 1 aliphatic heterocycles. The van der Waals surface area contributed by atoms with Crippen LogP contribution in [-0.4, -0.2) is 66.2 Å². The van der Waals surface area contributed by atoms with E-state index in [0.717, 1.165) is 0 Å². The number of ether oxygens (including phenoxy) is 1. The Labute approximate surface area is 122 Å². The van der Waals surface area contributed by atoms with Crippen LogP contribution in [0, 0.1) is 0 Å². The van der Waals surface area contributed by atoms with Crippen LogP contribution < -0.4 is 0 Å². The van der Waals surface area contributed by atoms with Gasteiger partial charge in [0.15, 0.2) is 0 Å². The van der Waals surface area contributed by atoms with Crippen molar-refractivity contribution in [3.63, 3.8) is 0 Å². The molecule has 0 amide bonds. The zero-order valence-corrected chi connectivity index (χ0v) is 12.5. The Morgan fingerprint density at radius 1 is 1.14 bits per heavy atom. The van der Waals surface area contributed by atoms with Crippen LogP contribution in [0.3, 0.4) is 0 Å². The summed E-state index contributed by atoms with van der Waals surface area (Å²) < 4.78 is 96.0. The fourth-order valence-corrected chi connectivity index (χ4v) is 2.78. The molecule has 0 aromatic rings. The summed E-state index contributed by atoms with van der Waals surface area (Å²) >= 11 is -2.77. The SMILES string of the molecule is O=S(O)OC1CC(COS(=O)(=O)O)OCC1OS(=O)(=O)O. The molecule has 1 heterocycles. The minimum Gasteiger partial charge on any atom is -0.373 e. The van der Waals surface area contributed by atoms with Crippen molar-refractivity contribution in [1.82, 2.24) is 0 Å². The Balaban J connectivity index is 2.69. The maximum absolute atomic E-state index is 10.6. The first-order valence-corrected chi connectivity index (χ1v) is 8.89. The quantitative estimate of drug-likeness (QED) is 0.341. The van der Waals surface area contributed by atoms with Crippen LogP contribution in [0.4, 0.5) is 0 Å². The van der Waals surface area contributed by atoms with E-state index in [1.165, 1.54) is 0 Å². The average Bonchev–Trinajstić information content (AvgIpc) is 2.26. The predicted molar refractivity (Wildman–Crippen MR) is 63.9 cm³/mol. The molecule has 12 nitrogen and oxygen atoms in total. The van der Waals surface area contributed by atoms with Crippen molar-refractivity contribution in [3.05, 3.63) is 0 Å². The third-order valence-electron chi connectivity index (χ3n) is 2.26. The Hall–Kier alpha value is -0.230. The standard InChI is InChI=1S/C6H12O12S3/c7-19(8)17-5-1-4(2-16-20(9,10)11)15-3-6(5)18-21(12,13)14/h4-6H,1-3H2,(H,7,8)(H,9,10,11)(H,12,13,14). The fourth-order valence-electron chi connectivity index (χ4n) is 1.55. The summed E-state index contributed by atoms with van der Waals surface area (Å²) in [7, 11) is -9.56. The maximum atomic E-state index is 10.6. The fraction of sp³-hybridized carbons (Fsp3) is 1.00. The molecule has 21 heavy (non-hydrogen) atoms. The van der Waals surface area contributed by atoms with Crippen LogP contribution in [0.25, 0.3) is 0 Å². The van der Waals surface area contributed by atoms with E-state index in [2.05, 4.69) is 12.5 Å². The second kappa shape index (κ2) is 7.36. The van der Waals surface area contributed by atoms with Crippen LogP contribution in [0.1, 0.15) is 6.42 Å². The van der Waals surface area contributed by atoms with Gasteiger partial charge < -0.3 is 4.74 Å². The summed E-state index contributed by atoms with van der Waals surface area (Å²) in [5.41, 5.74) is 0. The van der Waals surface area contributed by atoms with Crippen LogP contribution in [0.5, 0.6) is 0 Å². The Kier molecular flexibility index (Phi) is 6.59. The van der Waals surface area contributed by atoms with E-state index in [1.54, 1.807) is 0 Å². The summed E-state index contributed by atoms with van der Waals surface area (Å²) in [5, 5.41) is 0. The minimum absolute atomic E-state index is 0.290. The Morgan fingerprint density at radius 2 is 1.76 bits per heavy atom. The van der Waals surface area contributed by atoms with Crippen molar-refractivity contribution in [3.8, 4) is 0 Å². The zero-order valence-electron chi connectivity index (χ0n) is 10.1. The second-order valence-electron chi connectivity index (χ2n) is 3.82. The lowest BCUT2D eigenvalue weighted by molar-refractivity contribution is -0.111. The Morgan fingerprint density at radius 3 is 2.24 bits per heavy atom. The van der Waals surface area contributed by atoms with Crippen molar-refractivity contribution in [2.75, 3.05) is 13.2 Å². The molecule has 0 aliphatic carbocycles. The minimum atomic E-state index is -4.85. The van der Waals surface area contributed by atoms with Gasteiger partial charge in [-0.05, 0) is 0 Å². The molecule has 0 saturated carbocycles. The van der Waals surface area contributed by atoms with Crippen LogP contribution in [0.15, 0.2) is 0 Å². The maximum Gasteiger partial charge on any atom is 0.397 e. The first-order valence-electron chi connectivity index (χ1n) is 5.13. The van der Waals surface area contributed by atoms with E-state index in [1.807, 2.05) is 0 Å². The molecule has 0 bridgehead atoms. The molecule has 15 heteroatoms. The molecular weight excluding hydrogens is 360 g/mol. The van der Waals surface area contributed by atoms with Crippen LogP contribution in [-0.2, 0) is 49.4 Å². The summed E-state index contributed by atoms with van der Waals surface area (Å²) in [6.45, 7) is -1.13. The van der Waals surface area contributed by atoms with E-state index in [0.29, 0.717) is 0 Å². The zero-order chi connectivity index (χ0) is 16.3. The molecule has 0 aromatic heterocycles. The van der Waals surface area contributed by atoms with Gasteiger partial charge in [-0.15, -0.1) is 0 Å². The van der Waals surface area contributed by atoms with Crippen molar-refractivity contribution in [2.24, 2.45) is 0 Å². The van der Waals surface area contributed by atoms with E-state index in [9.17, 15) is 21.0 Å². The van der Waals surface area contributed by atoms with Gasteiger partial charge in [0.25, 0.3) is 0 Å². The molecule has 0 aromatic carbocycles.